The molecular formula is C26H32Br2O3. The number of benzene rings is 2. The lowest BCUT2D eigenvalue weighted by Crippen LogP contribution is -2.36. The smallest absolute Gasteiger partial charge is 0.0725 e. The predicted octanol–water partition coefficient (Wildman–Crippen LogP) is 5.69. The summed E-state index contributed by atoms with van der Waals surface area (Å²) < 4.78 is 2.31. The van der Waals surface area contributed by atoms with Crippen LogP contribution in [0.4, 0.5) is 0 Å². The van der Waals surface area contributed by atoms with E-state index in [-0.39, 0.29) is 6.61 Å². The first-order valence-electron chi connectivity index (χ1n) is 11.0. The molecule has 5 heteroatoms. The number of aliphatic hydroxyl groups excluding tert-OH is 1. The van der Waals surface area contributed by atoms with Crippen LogP contribution in [0.15, 0.2) is 58.0 Å². The van der Waals surface area contributed by atoms with E-state index >= 15 is 0 Å². The van der Waals surface area contributed by atoms with Gasteiger partial charge in [0, 0.05) is 28.4 Å². The Morgan fingerprint density at radius 3 is 1.90 bits per heavy atom. The lowest BCUT2D eigenvalue weighted by molar-refractivity contribution is 0.0120. The van der Waals surface area contributed by atoms with Crippen molar-refractivity contribution in [2.45, 2.75) is 69.0 Å². The van der Waals surface area contributed by atoms with E-state index in [1.54, 1.807) is 0 Å². The Morgan fingerprint density at radius 2 is 1.39 bits per heavy atom. The number of hydrogen-bond donors (Lipinski definition) is 3. The van der Waals surface area contributed by atoms with Gasteiger partial charge in [0.2, 0.25) is 0 Å². The van der Waals surface area contributed by atoms with Crippen molar-refractivity contribution in [2.24, 2.45) is 0 Å². The second kappa shape index (κ2) is 10.8. The number of aliphatic hydroxyl groups is 3. The van der Waals surface area contributed by atoms with Crippen LogP contribution in [0.25, 0.3) is 0 Å². The van der Waals surface area contributed by atoms with Gasteiger partial charge in [0.1, 0.15) is 0 Å². The Bertz CT molecular complexity index is 914. The fourth-order valence-corrected chi connectivity index (χ4v) is 5.97. The average molecular weight is 552 g/mol. The van der Waals surface area contributed by atoms with Crippen molar-refractivity contribution in [2.75, 3.05) is 6.61 Å². The second-order valence-electron chi connectivity index (χ2n) is 8.88. The van der Waals surface area contributed by atoms with Crippen LogP contribution in [0, 0.1) is 0 Å². The Morgan fingerprint density at radius 1 is 0.871 bits per heavy atom. The molecule has 31 heavy (non-hydrogen) atoms. The van der Waals surface area contributed by atoms with Gasteiger partial charge in [-0.1, -0.05) is 62.2 Å². The van der Waals surface area contributed by atoms with Gasteiger partial charge >= 0.3 is 0 Å². The minimum absolute atomic E-state index is 0.160. The molecule has 2 aromatic carbocycles. The van der Waals surface area contributed by atoms with E-state index in [0.29, 0.717) is 25.7 Å². The molecule has 3 nitrogen and oxygen atoms in total. The van der Waals surface area contributed by atoms with Gasteiger partial charge in [-0.15, -0.1) is 6.58 Å². The van der Waals surface area contributed by atoms with Crippen LogP contribution in [-0.4, -0.2) is 33.1 Å². The Balaban J connectivity index is 0.000000176. The Hall–Kier alpha value is -0.980. The maximum absolute atomic E-state index is 10.4. The Labute approximate surface area is 202 Å². The molecule has 3 N–H and O–H groups in total. The molecule has 0 saturated heterocycles. The van der Waals surface area contributed by atoms with Crippen molar-refractivity contribution in [1.29, 1.82) is 0 Å². The first-order chi connectivity index (χ1) is 14.8. The van der Waals surface area contributed by atoms with E-state index in [9.17, 15) is 10.2 Å². The van der Waals surface area contributed by atoms with Gasteiger partial charge in [0.25, 0.3) is 0 Å². The van der Waals surface area contributed by atoms with Crippen molar-refractivity contribution in [3.05, 3.63) is 80.3 Å². The topological polar surface area (TPSA) is 60.7 Å². The second-order valence-corrected chi connectivity index (χ2v) is 10.6. The summed E-state index contributed by atoms with van der Waals surface area (Å²) in [5, 5.41) is 29.6. The van der Waals surface area contributed by atoms with Gasteiger partial charge in [0.15, 0.2) is 0 Å². The van der Waals surface area contributed by atoms with Crippen LogP contribution in [-0.2, 0) is 25.7 Å². The summed E-state index contributed by atoms with van der Waals surface area (Å²) in [6.45, 7) is 3.86. The highest BCUT2D eigenvalue weighted by molar-refractivity contribution is 9.10. The molecular weight excluding hydrogens is 520 g/mol. The van der Waals surface area contributed by atoms with Crippen molar-refractivity contribution < 1.29 is 15.3 Å². The minimum Gasteiger partial charge on any atom is -0.396 e. The minimum atomic E-state index is -0.615. The zero-order valence-electron chi connectivity index (χ0n) is 17.9. The predicted molar refractivity (Wildman–Crippen MR) is 133 cm³/mol. The molecule has 0 amide bonds. The number of halogens is 2. The van der Waals surface area contributed by atoms with Crippen LogP contribution in [0.1, 0.15) is 54.4 Å². The summed E-state index contributed by atoms with van der Waals surface area (Å²) in [7, 11) is 0. The van der Waals surface area contributed by atoms with Crippen LogP contribution in [0.2, 0.25) is 0 Å². The third-order valence-electron chi connectivity index (χ3n) is 6.48. The van der Waals surface area contributed by atoms with Gasteiger partial charge < -0.3 is 15.3 Å². The van der Waals surface area contributed by atoms with Gasteiger partial charge in [-0.3, -0.25) is 0 Å². The molecule has 0 spiro atoms. The SMILES string of the molecule is C=CCC1(O)CCc2c(Br)cccc2C1.OCCCC1(O)CCc2c(Br)cccc2C1. The summed E-state index contributed by atoms with van der Waals surface area (Å²) in [4.78, 5) is 0. The quantitative estimate of drug-likeness (QED) is 0.418. The molecule has 2 aliphatic carbocycles. The highest BCUT2D eigenvalue weighted by Gasteiger charge is 2.32. The van der Waals surface area contributed by atoms with Gasteiger partial charge in [-0.25, -0.2) is 0 Å². The maximum atomic E-state index is 10.4. The lowest BCUT2D eigenvalue weighted by atomic mass is 9.78. The monoisotopic (exact) mass is 550 g/mol. The molecule has 0 aliphatic heterocycles. The summed E-state index contributed by atoms with van der Waals surface area (Å²) in [6.07, 6.45) is 8.80. The van der Waals surface area contributed by atoms with E-state index in [1.807, 2.05) is 18.2 Å². The molecule has 2 atom stereocenters. The molecule has 2 aromatic rings. The molecule has 168 valence electrons. The zero-order chi connectivity index (χ0) is 22.5. The maximum Gasteiger partial charge on any atom is 0.0725 e. The van der Waals surface area contributed by atoms with E-state index in [1.165, 1.54) is 26.7 Å². The van der Waals surface area contributed by atoms with Crippen LogP contribution in [0.5, 0.6) is 0 Å². The molecule has 0 saturated carbocycles. The number of hydrogen-bond acceptors (Lipinski definition) is 3. The van der Waals surface area contributed by atoms with Gasteiger partial charge in [-0.05, 0) is 79.3 Å². The van der Waals surface area contributed by atoms with Crippen LogP contribution in [0.3, 0.4) is 0 Å². The average Bonchev–Trinajstić information content (AvgIpc) is 2.73. The summed E-state index contributed by atoms with van der Waals surface area (Å²) in [5.74, 6) is 0. The number of fused-ring (bicyclic) bond motifs is 2. The fourth-order valence-electron chi connectivity index (χ4n) is 4.76. The molecule has 0 heterocycles. The first-order valence-corrected chi connectivity index (χ1v) is 12.6. The molecule has 0 radical (unpaired) electrons. The lowest BCUT2D eigenvalue weighted by Gasteiger charge is -2.34. The fraction of sp³-hybridized carbons (Fsp3) is 0.462. The first kappa shape index (κ1) is 24.7. The van der Waals surface area contributed by atoms with Crippen molar-refractivity contribution >= 4 is 31.9 Å². The van der Waals surface area contributed by atoms with Crippen LogP contribution < -0.4 is 0 Å². The summed E-state index contributed by atoms with van der Waals surface area (Å²) >= 11 is 7.11. The standard InChI is InChI=1S/C13H17BrO2.C13H15BrO/c14-12-4-1-3-10-9-13(16,6-2-8-15)7-5-11(10)12;1-2-7-13(15)8-6-11-10(9-13)4-3-5-12(11)14/h1,3-4,15-16H,2,5-9H2;2-5,15H,1,6-9H2. The molecule has 0 fully saturated rings. The molecule has 2 unspecified atom stereocenters. The van der Waals surface area contributed by atoms with Gasteiger partial charge in [-0.2, -0.15) is 0 Å². The molecule has 0 aromatic heterocycles. The van der Waals surface area contributed by atoms with Crippen molar-refractivity contribution in [1.82, 2.24) is 0 Å². The molecule has 4 rings (SSSR count). The Kier molecular flexibility index (Phi) is 8.56. The third-order valence-corrected chi connectivity index (χ3v) is 7.96. The van der Waals surface area contributed by atoms with Crippen molar-refractivity contribution in [3.8, 4) is 0 Å². The summed E-state index contributed by atoms with van der Waals surface area (Å²) in [6, 6.07) is 12.4. The molecule has 2 aliphatic rings. The largest absolute Gasteiger partial charge is 0.396 e. The van der Waals surface area contributed by atoms with Crippen molar-refractivity contribution in [3.63, 3.8) is 0 Å². The zero-order valence-corrected chi connectivity index (χ0v) is 21.1. The highest BCUT2D eigenvalue weighted by Crippen LogP contribution is 2.36. The van der Waals surface area contributed by atoms with Crippen LogP contribution >= 0.6 is 31.9 Å². The molecule has 0 bridgehead atoms. The van der Waals surface area contributed by atoms with Gasteiger partial charge in [0.05, 0.1) is 11.2 Å². The summed E-state index contributed by atoms with van der Waals surface area (Å²) in [5.41, 5.74) is 4.00. The van der Waals surface area contributed by atoms with E-state index < -0.39 is 11.2 Å². The number of rotatable bonds is 5. The third kappa shape index (κ3) is 6.29. The highest BCUT2D eigenvalue weighted by atomic mass is 79.9. The van der Waals surface area contributed by atoms with E-state index in [0.717, 1.165) is 36.6 Å². The van der Waals surface area contributed by atoms with E-state index in [2.05, 4.69) is 62.7 Å². The normalized spacial score (nSPS) is 24.4. The van der Waals surface area contributed by atoms with E-state index in [4.69, 9.17) is 5.11 Å².